The van der Waals surface area contributed by atoms with E-state index in [2.05, 4.69) is 15.4 Å². The minimum Gasteiger partial charge on any atom is -0.341 e. The van der Waals surface area contributed by atoms with Gasteiger partial charge < -0.3 is 4.90 Å². The first-order chi connectivity index (χ1) is 11.2. The van der Waals surface area contributed by atoms with Crippen molar-refractivity contribution in [1.82, 2.24) is 25.1 Å². The van der Waals surface area contributed by atoms with Crippen molar-refractivity contribution >= 4 is 5.91 Å². The Labute approximate surface area is 136 Å². The summed E-state index contributed by atoms with van der Waals surface area (Å²) in [6, 6.07) is 7.92. The maximum Gasteiger partial charge on any atom is 0.246 e. The summed E-state index contributed by atoms with van der Waals surface area (Å²) in [5, 5.41) is 12.5. The number of carbonyl (C=O) groups excluding carboxylic acids is 1. The highest BCUT2D eigenvalue weighted by molar-refractivity contribution is 5.75. The van der Waals surface area contributed by atoms with Crippen LogP contribution >= 0.6 is 0 Å². The highest BCUT2D eigenvalue weighted by Crippen LogP contribution is 2.18. The van der Waals surface area contributed by atoms with E-state index >= 15 is 0 Å². The molecule has 0 unspecified atom stereocenters. The SMILES string of the molecule is Cc1ccccc1-c1nnn(CC(=O)N2CCCCCCC2)n1. The van der Waals surface area contributed by atoms with E-state index in [4.69, 9.17) is 0 Å². The van der Waals surface area contributed by atoms with Crippen molar-refractivity contribution in [3.8, 4) is 11.4 Å². The monoisotopic (exact) mass is 313 g/mol. The molecule has 1 fully saturated rings. The highest BCUT2D eigenvalue weighted by Gasteiger charge is 2.17. The maximum absolute atomic E-state index is 12.4. The lowest BCUT2D eigenvalue weighted by Crippen LogP contribution is -2.36. The molecule has 0 atom stereocenters. The summed E-state index contributed by atoms with van der Waals surface area (Å²) in [6.07, 6.45) is 5.88. The van der Waals surface area contributed by atoms with Crippen molar-refractivity contribution in [3.05, 3.63) is 29.8 Å². The highest BCUT2D eigenvalue weighted by atomic mass is 16.2. The Bertz CT molecular complexity index is 659. The zero-order valence-electron chi connectivity index (χ0n) is 13.6. The van der Waals surface area contributed by atoms with Gasteiger partial charge in [-0.1, -0.05) is 43.5 Å². The van der Waals surface area contributed by atoms with Crippen molar-refractivity contribution in [2.45, 2.75) is 45.6 Å². The average Bonchev–Trinajstić information content (AvgIpc) is 2.95. The number of hydrogen-bond donors (Lipinski definition) is 0. The lowest BCUT2D eigenvalue weighted by molar-refractivity contribution is -0.132. The van der Waals surface area contributed by atoms with Crippen LogP contribution < -0.4 is 0 Å². The van der Waals surface area contributed by atoms with E-state index < -0.39 is 0 Å². The summed E-state index contributed by atoms with van der Waals surface area (Å²) in [4.78, 5) is 15.8. The van der Waals surface area contributed by atoms with Crippen molar-refractivity contribution < 1.29 is 4.79 Å². The summed E-state index contributed by atoms with van der Waals surface area (Å²) in [7, 11) is 0. The number of aromatic nitrogens is 4. The van der Waals surface area contributed by atoms with Crippen LogP contribution in [0.4, 0.5) is 0 Å². The molecule has 0 spiro atoms. The van der Waals surface area contributed by atoms with Crippen molar-refractivity contribution in [2.24, 2.45) is 0 Å². The number of carbonyl (C=O) groups is 1. The van der Waals surface area contributed by atoms with Crippen LogP contribution in [-0.4, -0.2) is 44.1 Å². The quantitative estimate of drug-likeness (QED) is 0.873. The van der Waals surface area contributed by atoms with Gasteiger partial charge in [0.2, 0.25) is 11.7 Å². The second kappa shape index (κ2) is 7.35. The third-order valence-corrected chi connectivity index (χ3v) is 4.32. The number of aryl methyl sites for hydroxylation is 1. The van der Waals surface area contributed by atoms with Crippen LogP contribution in [-0.2, 0) is 11.3 Å². The summed E-state index contributed by atoms with van der Waals surface area (Å²) in [5.41, 5.74) is 2.06. The largest absolute Gasteiger partial charge is 0.341 e. The predicted molar refractivity (Wildman–Crippen MR) is 87.7 cm³/mol. The second-order valence-corrected chi connectivity index (χ2v) is 6.11. The van der Waals surface area contributed by atoms with Gasteiger partial charge in [0.25, 0.3) is 0 Å². The fourth-order valence-corrected chi connectivity index (χ4v) is 2.96. The molecule has 2 aromatic rings. The van der Waals surface area contributed by atoms with Crippen LogP contribution in [0.15, 0.2) is 24.3 Å². The Kier molecular flexibility index (Phi) is 5.00. The van der Waals surface area contributed by atoms with E-state index in [0.717, 1.165) is 37.1 Å². The fraction of sp³-hybridized carbons (Fsp3) is 0.529. The van der Waals surface area contributed by atoms with E-state index in [1.807, 2.05) is 36.1 Å². The van der Waals surface area contributed by atoms with Crippen LogP contribution in [0.5, 0.6) is 0 Å². The normalized spacial score (nSPS) is 16.0. The van der Waals surface area contributed by atoms with Gasteiger partial charge in [0.05, 0.1) is 0 Å². The maximum atomic E-state index is 12.4. The van der Waals surface area contributed by atoms with Crippen LogP contribution in [0.1, 0.15) is 37.7 Å². The summed E-state index contributed by atoms with van der Waals surface area (Å²) < 4.78 is 0. The molecule has 23 heavy (non-hydrogen) atoms. The van der Waals surface area contributed by atoms with Gasteiger partial charge in [-0.25, -0.2) is 0 Å². The molecule has 0 N–H and O–H groups in total. The third-order valence-electron chi connectivity index (χ3n) is 4.32. The Hall–Kier alpha value is -2.24. The molecule has 0 aliphatic carbocycles. The van der Waals surface area contributed by atoms with Crippen molar-refractivity contribution in [2.75, 3.05) is 13.1 Å². The molecule has 1 aliphatic rings. The first-order valence-electron chi connectivity index (χ1n) is 8.35. The molecule has 0 saturated carbocycles. The third kappa shape index (κ3) is 3.94. The molecule has 1 aromatic carbocycles. The zero-order valence-corrected chi connectivity index (χ0v) is 13.6. The van der Waals surface area contributed by atoms with Gasteiger partial charge >= 0.3 is 0 Å². The van der Waals surface area contributed by atoms with Crippen LogP contribution in [0.25, 0.3) is 11.4 Å². The van der Waals surface area contributed by atoms with E-state index in [9.17, 15) is 4.79 Å². The second-order valence-electron chi connectivity index (χ2n) is 6.11. The zero-order chi connectivity index (χ0) is 16.1. The minimum atomic E-state index is 0.0839. The van der Waals surface area contributed by atoms with Gasteiger partial charge in [0.15, 0.2) is 0 Å². The number of rotatable bonds is 3. The Morgan fingerprint density at radius 1 is 1.09 bits per heavy atom. The predicted octanol–water partition coefficient (Wildman–Crippen LogP) is 2.44. The summed E-state index contributed by atoms with van der Waals surface area (Å²) in [5.74, 6) is 0.657. The number of hydrogen-bond acceptors (Lipinski definition) is 4. The lowest BCUT2D eigenvalue weighted by atomic mass is 10.1. The molecular weight excluding hydrogens is 290 g/mol. The smallest absolute Gasteiger partial charge is 0.246 e. The molecule has 1 aliphatic heterocycles. The van der Waals surface area contributed by atoms with E-state index in [0.29, 0.717) is 5.82 Å². The standard InChI is InChI=1S/C17H23N5O/c1-14-9-5-6-10-15(14)17-18-20-22(19-17)13-16(23)21-11-7-3-2-4-8-12-21/h5-6,9-10H,2-4,7-8,11-13H2,1H3. The first kappa shape index (κ1) is 15.6. The molecule has 3 rings (SSSR count). The number of tetrazole rings is 1. The van der Waals surface area contributed by atoms with Gasteiger partial charge in [-0.3, -0.25) is 4.79 Å². The molecule has 0 radical (unpaired) electrons. The molecule has 0 bridgehead atoms. The van der Waals surface area contributed by atoms with Gasteiger partial charge in [-0.05, 0) is 30.5 Å². The van der Waals surface area contributed by atoms with E-state index in [1.165, 1.54) is 24.1 Å². The van der Waals surface area contributed by atoms with Gasteiger partial charge in [-0.2, -0.15) is 4.80 Å². The van der Waals surface area contributed by atoms with Crippen LogP contribution in [0.3, 0.4) is 0 Å². The molecule has 1 aromatic heterocycles. The van der Waals surface area contributed by atoms with E-state index in [1.54, 1.807) is 0 Å². The first-order valence-corrected chi connectivity index (χ1v) is 8.35. The minimum absolute atomic E-state index is 0.0839. The lowest BCUT2D eigenvalue weighted by Gasteiger charge is -2.24. The molecule has 1 saturated heterocycles. The Morgan fingerprint density at radius 2 is 1.78 bits per heavy atom. The molecule has 1 amide bonds. The van der Waals surface area contributed by atoms with Gasteiger partial charge in [0.1, 0.15) is 6.54 Å². The number of likely N-dealkylation sites (tertiary alicyclic amines) is 1. The molecular formula is C17H23N5O. The molecule has 122 valence electrons. The van der Waals surface area contributed by atoms with Crippen molar-refractivity contribution in [1.29, 1.82) is 0 Å². The summed E-state index contributed by atoms with van der Waals surface area (Å²) in [6.45, 7) is 3.87. The molecule has 2 heterocycles. The number of amides is 1. The van der Waals surface area contributed by atoms with Gasteiger partial charge in [-0.15, -0.1) is 10.2 Å². The molecule has 6 nitrogen and oxygen atoms in total. The van der Waals surface area contributed by atoms with Crippen molar-refractivity contribution in [3.63, 3.8) is 0 Å². The number of benzene rings is 1. The Morgan fingerprint density at radius 3 is 2.52 bits per heavy atom. The summed E-state index contributed by atoms with van der Waals surface area (Å²) >= 11 is 0. The average molecular weight is 313 g/mol. The topological polar surface area (TPSA) is 63.9 Å². The van der Waals surface area contributed by atoms with E-state index in [-0.39, 0.29) is 12.5 Å². The van der Waals surface area contributed by atoms with Gasteiger partial charge in [0, 0.05) is 18.7 Å². The molecule has 6 heteroatoms. The van der Waals surface area contributed by atoms with Crippen LogP contribution in [0.2, 0.25) is 0 Å². The number of nitrogens with zero attached hydrogens (tertiary/aromatic N) is 5. The van der Waals surface area contributed by atoms with Crippen LogP contribution in [0, 0.1) is 6.92 Å². The Balaban J connectivity index is 1.66. The fourth-order valence-electron chi connectivity index (χ4n) is 2.96.